The number of thiol groups is 1. The van der Waals surface area contributed by atoms with Gasteiger partial charge in [-0.25, -0.2) is 0 Å². The average molecular weight is 228 g/mol. The normalized spacial score (nSPS) is 49.0. The van der Waals surface area contributed by atoms with Crippen LogP contribution in [-0.4, -0.2) is 40.5 Å². The fourth-order valence-corrected chi connectivity index (χ4v) is 4.04. The van der Waals surface area contributed by atoms with Crippen LogP contribution in [0.3, 0.4) is 0 Å². The van der Waals surface area contributed by atoms with Crippen molar-refractivity contribution in [3.05, 3.63) is 0 Å². The Balaban J connectivity index is 2.15. The van der Waals surface area contributed by atoms with Crippen molar-refractivity contribution < 1.29 is 0 Å². The molecule has 0 aromatic rings. The number of rotatable bonds is 0. The molecule has 0 aromatic heterocycles. The predicted octanol–water partition coefficient (Wildman–Crippen LogP) is 2.41. The highest BCUT2D eigenvalue weighted by atomic mass is 32.1. The number of hydrogen-bond donors (Lipinski definition) is 1. The molecule has 88 valence electrons. The third-order valence-corrected chi connectivity index (χ3v) is 4.89. The standard InChI is InChI=1S/C12H24N2S/c1-9-5-6-12(3)7-10(2)14(12)11(15)13(4)8-9/h9-11,15H,5-8H2,1-4H3/t9?,10-,11?,12?/m1/s1. The second kappa shape index (κ2) is 3.94. The molecule has 2 fully saturated rings. The molecule has 2 heterocycles. The second-order valence-corrected chi connectivity index (χ2v) is 6.35. The van der Waals surface area contributed by atoms with Gasteiger partial charge in [0.25, 0.3) is 0 Å². The Labute approximate surface area is 99.4 Å². The quantitative estimate of drug-likeness (QED) is 0.636. The van der Waals surface area contributed by atoms with Crippen LogP contribution in [-0.2, 0) is 0 Å². The van der Waals surface area contributed by atoms with Gasteiger partial charge < -0.3 is 0 Å². The summed E-state index contributed by atoms with van der Waals surface area (Å²) in [6.45, 7) is 8.26. The van der Waals surface area contributed by atoms with Crippen LogP contribution in [0.2, 0.25) is 0 Å². The molecule has 0 N–H and O–H groups in total. The van der Waals surface area contributed by atoms with Gasteiger partial charge in [-0.15, -0.1) is 12.6 Å². The summed E-state index contributed by atoms with van der Waals surface area (Å²) in [6, 6.07) is 0.702. The Hall–Kier alpha value is 0.270. The molecule has 0 bridgehead atoms. The molecule has 0 aromatic carbocycles. The van der Waals surface area contributed by atoms with Crippen molar-refractivity contribution in [2.75, 3.05) is 13.6 Å². The Morgan fingerprint density at radius 3 is 2.60 bits per heavy atom. The summed E-state index contributed by atoms with van der Waals surface area (Å²) < 4.78 is 0. The zero-order valence-corrected chi connectivity index (χ0v) is 11.3. The lowest BCUT2D eigenvalue weighted by molar-refractivity contribution is -0.115. The predicted molar refractivity (Wildman–Crippen MR) is 68.1 cm³/mol. The van der Waals surface area contributed by atoms with Crippen LogP contribution in [0, 0.1) is 5.92 Å². The third-order valence-electron chi connectivity index (χ3n) is 4.25. The molecule has 2 nitrogen and oxygen atoms in total. The van der Waals surface area contributed by atoms with E-state index >= 15 is 0 Å². The molecular weight excluding hydrogens is 204 g/mol. The van der Waals surface area contributed by atoms with E-state index in [-0.39, 0.29) is 0 Å². The van der Waals surface area contributed by atoms with Crippen molar-refractivity contribution in [3.8, 4) is 0 Å². The number of hydrogen-bond acceptors (Lipinski definition) is 3. The van der Waals surface area contributed by atoms with Gasteiger partial charge in [0.05, 0.1) is 0 Å². The zero-order valence-electron chi connectivity index (χ0n) is 10.4. The molecule has 3 heteroatoms. The van der Waals surface area contributed by atoms with Crippen LogP contribution in [0.1, 0.15) is 40.0 Å². The van der Waals surface area contributed by atoms with Gasteiger partial charge in [0.15, 0.2) is 0 Å². The van der Waals surface area contributed by atoms with Gasteiger partial charge in [0.1, 0.15) is 5.50 Å². The molecule has 0 saturated carbocycles. The fourth-order valence-electron chi connectivity index (χ4n) is 3.44. The van der Waals surface area contributed by atoms with Gasteiger partial charge in [0.2, 0.25) is 0 Å². The largest absolute Gasteiger partial charge is 0.282 e. The van der Waals surface area contributed by atoms with E-state index in [0.717, 1.165) is 5.92 Å². The molecule has 2 aliphatic rings. The molecule has 0 amide bonds. The maximum atomic E-state index is 4.78. The molecule has 3 unspecified atom stereocenters. The van der Waals surface area contributed by atoms with Crippen molar-refractivity contribution >= 4 is 12.6 Å². The summed E-state index contributed by atoms with van der Waals surface area (Å²) in [7, 11) is 2.20. The smallest absolute Gasteiger partial charge is 0.108 e. The molecule has 2 saturated heterocycles. The van der Waals surface area contributed by atoms with E-state index in [9.17, 15) is 0 Å². The summed E-state index contributed by atoms with van der Waals surface area (Å²) in [5.41, 5.74) is 0.718. The van der Waals surface area contributed by atoms with E-state index < -0.39 is 0 Å². The van der Waals surface area contributed by atoms with Crippen molar-refractivity contribution in [3.63, 3.8) is 0 Å². The number of nitrogens with zero attached hydrogens (tertiary/aromatic N) is 2. The molecule has 0 aliphatic carbocycles. The van der Waals surface area contributed by atoms with Crippen molar-refractivity contribution in [2.45, 2.75) is 57.1 Å². The van der Waals surface area contributed by atoms with Crippen LogP contribution in [0.4, 0.5) is 0 Å². The fraction of sp³-hybridized carbons (Fsp3) is 1.00. The lowest BCUT2D eigenvalue weighted by atomic mass is 9.75. The molecule has 4 atom stereocenters. The van der Waals surface area contributed by atoms with E-state index in [1.807, 2.05) is 0 Å². The maximum Gasteiger partial charge on any atom is 0.108 e. The topological polar surface area (TPSA) is 6.48 Å². The van der Waals surface area contributed by atoms with Gasteiger partial charge in [0, 0.05) is 18.1 Å². The van der Waals surface area contributed by atoms with E-state index in [0.29, 0.717) is 17.1 Å². The second-order valence-electron chi connectivity index (χ2n) is 5.89. The Morgan fingerprint density at radius 2 is 2.00 bits per heavy atom. The summed E-state index contributed by atoms with van der Waals surface area (Å²) in [4.78, 5) is 4.98. The lowest BCUT2D eigenvalue weighted by Gasteiger charge is -2.61. The van der Waals surface area contributed by atoms with E-state index in [2.05, 4.69) is 37.6 Å². The third kappa shape index (κ3) is 1.94. The first-order valence-corrected chi connectivity index (χ1v) is 6.62. The zero-order chi connectivity index (χ0) is 11.2. The first-order valence-electron chi connectivity index (χ1n) is 6.11. The summed E-state index contributed by atoms with van der Waals surface area (Å²) in [5, 5.41) is 0. The van der Waals surface area contributed by atoms with E-state index in [4.69, 9.17) is 12.6 Å². The minimum absolute atomic E-state index is 0.307. The Bertz CT molecular complexity index is 246. The molecule has 2 rings (SSSR count). The van der Waals surface area contributed by atoms with Crippen LogP contribution in [0.25, 0.3) is 0 Å². The van der Waals surface area contributed by atoms with Gasteiger partial charge >= 0.3 is 0 Å². The minimum Gasteiger partial charge on any atom is -0.282 e. The average Bonchev–Trinajstić information content (AvgIpc) is 2.12. The Morgan fingerprint density at radius 1 is 1.33 bits per heavy atom. The molecule has 0 radical (unpaired) electrons. The lowest BCUT2D eigenvalue weighted by Crippen LogP contribution is -2.69. The summed E-state index contributed by atoms with van der Waals surface area (Å²) >= 11 is 4.78. The van der Waals surface area contributed by atoms with E-state index in [1.54, 1.807) is 0 Å². The summed E-state index contributed by atoms with van der Waals surface area (Å²) in [5.74, 6) is 0.805. The van der Waals surface area contributed by atoms with Gasteiger partial charge in [-0.2, -0.15) is 0 Å². The van der Waals surface area contributed by atoms with Gasteiger partial charge in [-0.3, -0.25) is 9.80 Å². The van der Waals surface area contributed by atoms with E-state index in [1.165, 1.54) is 25.8 Å². The highest BCUT2D eigenvalue weighted by Crippen LogP contribution is 2.44. The minimum atomic E-state index is 0.307. The first kappa shape index (κ1) is 11.7. The van der Waals surface area contributed by atoms with Crippen LogP contribution >= 0.6 is 12.6 Å². The van der Waals surface area contributed by atoms with Gasteiger partial charge in [-0.05, 0) is 46.1 Å². The van der Waals surface area contributed by atoms with Crippen molar-refractivity contribution in [1.29, 1.82) is 0 Å². The first-order chi connectivity index (χ1) is 6.94. The Kier molecular flexibility index (Phi) is 3.08. The molecular formula is C12H24N2S. The van der Waals surface area contributed by atoms with Crippen LogP contribution < -0.4 is 0 Å². The van der Waals surface area contributed by atoms with Gasteiger partial charge in [-0.1, -0.05) is 6.92 Å². The van der Waals surface area contributed by atoms with Crippen molar-refractivity contribution in [1.82, 2.24) is 9.80 Å². The monoisotopic (exact) mass is 228 g/mol. The SMILES string of the molecule is CC1CCC2(C)C[C@@H](C)N2C(S)N(C)C1. The molecule has 2 aliphatic heterocycles. The molecule has 0 spiro atoms. The highest BCUT2D eigenvalue weighted by Gasteiger charge is 2.49. The van der Waals surface area contributed by atoms with Crippen LogP contribution in [0.5, 0.6) is 0 Å². The highest BCUT2D eigenvalue weighted by molar-refractivity contribution is 7.80. The molecule has 15 heavy (non-hydrogen) atoms. The number of fused-ring (bicyclic) bond motifs is 1. The maximum absolute atomic E-state index is 4.78. The van der Waals surface area contributed by atoms with Crippen LogP contribution in [0.15, 0.2) is 0 Å². The van der Waals surface area contributed by atoms with Crippen molar-refractivity contribution in [2.24, 2.45) is 5.92 Å². The summed E-state index contributed by atoms with van der Waals surface area (Å²) in [6.07, 6.45) is 4.03.